The van der Waals surface area contributed by atoms with E-state index in [-0.39, 0.29) is 0 Å². The summed E-state index contributed by atoms with van der Waals surface area (Å²) in [7, 11) is 0. The van der Waals surface area contributed by atoms with Crippen LogP contribution < -0.4 is 0 Å². The van der Waals surface area contributed by atoms with Gasteiger partial charge < -0.3 is 5.11 Å². The van der Waals surface area contributed by atoms with Crippen LogP contribution in [0.5, 0.6) is 0 Å². The SMILES string of the molecule is CCC1(CO)CC1C. The summed E-state index contributed by atoms with van der Waals surface area (Å²) < 4.78 is 0. The van der Waals surface area contributed by atoms with E-state index in [1.807, 2.05) is 0 Å². The monoisotopic (exact) mass is 114 g/mol. The second-order valence-electron chi connectivity index (χ2n) is 2.98. The normalized spacial score (nSPS) is 44.6. The van der Waals surface area contributed by atoms with E-state index in [1.54, 1.807) is 0 Å². The number of aliphatic hydroxyl groups is 1. The van der Waals surface area contributed by atoms with Crippen LogP contribution in [-0.2, 0) is 0 Å². The van der Waals surface area contributed by atoms with Crippen LogP contribution in [0.25, 0.3) is 0 Å². The van der Waals surface area contributed by atoms with E-state index in [9.17, 15) is 0 Å². The third-order valence-electron chi connectivity index (χ3n) is 2.62. The maximum atomic E-state index is 8.83. The van der Waals surface area contributed by atoms with Crippen molar-refractivity contribution in [2.24, 2.45) is 11.3 Å². The summed E-state index contributed by atoms with van der Waals surface area (Å²) >= 11 is 0. The van der Waals surface area contributed by atoms with Crippen molar-refractivity contribution in [3.8, 4) is 0 Å². The molecule has 1 rings (SSSR count). The molecule has 1 nitrogen and oxygen atoms in total. The highest BCUT2D eigenvalue weighted by Crippen LogP contribution is 2.54. The Morgan fingerprint density at radius 3 is 2.25 bits per heavy atom. The number of aliphatic hydroxyl groups excluding tert-OH is 1. The van der Waals surface area contributed by atoms with Gasteiger partial charge in [-0.2, -0.15) is 0 Å². The average molecular weight is 114 g/mol. The summed E-state index contributed by atoms with van der Waals surface area (Å²) in [6, 6.07) is 0. The van der Waals surface area contributed by atoms with E-state index in [2.05, 4.69) is 13.8 Å². The number of hydrogen-bond acceptors (Lipinski definition) is 1. The van der Waals surface area contributed by atoms with Crippen molar-refractivity contribution in [1.82, 2.24) is 0 Å². The Hall–Kier alpha value is -0.0400. The highest BCUT2D eigenvalue weighted by Gasteiger charge is 2.48. The first-order valence-electron chi connectivity index (χ1n) is 3.36. The Morgan fingerprint density at radius 2 is 2.25 bits per heavy atom. The summed E-state index contributed by atoms with van der Waals surface area (Å²) in [5.74, 6) is 0.775. The van der Waals surface area contributed by atoms with Crippen LogP contribution in [0.15, 0.2) is 0 Å². The maximum absolute atomic E-state index is 8.83. The van der Waals surface area contributed by atoms with Crippen molar-refractivity contribution in [2.75, 3.05) is 6.61 Å². The minimum Gasteiger partial charge on any atom is -0.396 e. The van der Waals surface area contributed by atoms with Crippen LogP contribution in [-0.4, -0.2) is 11.7 Å². The highest BCUT2D eigenvalue weighted by atomic mass is 16.3. The fraction of sp³-hybridized carbons (Fsp3) is 1.00. The fourth-order valence-corrected chi connectivity index (χ4v) is 1.38. The smallest absolute Gasteiger partial charge is 0.0489 e. The molecule has 2 atom stereocenters. The summed E-state index contributed by atoms with van der Waals surface area (Å²) in [6.45, 7) is 4.75. The molecule has 0 amide bonds. The van der Waals surface area contributed by atoms with Gasteiger partial charge in [-0.25, -0.2) is 0 Å². The Morgan fingerprint density at radius 1 is 1.75 bits per heavy atom. The predicted molar refractivity (Wildman–Crippen MR) is 33.6 cm³/mol. The third-order valence-corrected chi connectivity index (χ3v) is 2.62. The minimum absolute atomic E-state index is 0.347. The average Bonchev–Trinajstić information content (AvgIpc) is 2.43. The van der Waals surface area contributed by atoms with E-state index < -0.39 is 0 Å². The van der Waals surface area contributed by atoms with E-state index in [0.29, 0.717) is 12.0 Å². The largest absolute Gasteiger partial charge is 0.396 e. The lowest BCUT2D eigenvalue weighted by atomic mass is 10.0. The van der Waals surface area contributed by atoms with Gasteiger partial charge >= 0.3 is 0 Å². The molecule has 1 fully saturated rings. The van der Waals surface area contributed by atoms with E-state index >= 15 is 0 Å². The van der Waals surface area contributed by atoms with E-state index in [0.717, 1.165) is 12.3 Å². The van der Waals surface area contributed by atoms with Crippen LogP contribution in [0.3, 0.4) is 0 Å². The van der Waals surface area contributed by atoms with Crippen molar-refractivity contribution < 1.29 is 5.11 Å². The Bertz CT molecular complexity index is 78.9. The van der Waals surface area contributed by atoms with Gasteiger partial charge in [0, 0.05) is 6.61 Å². The van der Waals surface area contributed by atoms with Gasteiger partial charge in [-0.05, 0) is 24.2 Å². The van der Waals surface area contributed by atoms with Gasteiger partial charge in [-0.1, -0.05) is 13.8 Å². The lowest BCUT2D eigenvalue weighted by Crippen LogP contribution is -2.06. The molecule has 1 heteroatoms. The van der Waals surface area contributed by atoms with Gasteiger partial charge in [-0.3, -0.25) is 0 Å². The van der Waals surface area contributed by atoms with Gasteiger partial charge in [0.1, 0.15) is 0 Å². The molecular weight excluding hydrogens is 100 g/mol. The topological polar surface area (TPSA) is 20.2 Å². The van der Waals surface area contributed by atoms with E-state index in [4.69, 9.17) is 5.11 Å². The maximum Gasteiger partial charge on any atom is 0.0489 e. The van der Waals surface area contributed by atoms with Crippen molar-refractivity contribution in [3.63, 3.8) is 0 Å². The molecule has 8 heavy (non-hydrogen) atoms. The van der Waals surface area contributed by atoms with Crippen LogP contribution in [0, 0.1) is 11.3 Å². The minimum atomic E-state index is 0.347. The van der Waals surface area contributed by atoms with Crippen LogP contribution in [0.2, 0.25) is 0 Å². The number of rotatable bonds is 2. The molecule has 0 aromatic heterocycles. The first-order valence-corrected chi connectivity index (χ1v) is 3.36. The van der Waals surface area contributed by atoms with Gasteiger partial charge in [0.15, 0.2) is 0 Å². The molecular formula is C7H14O. The standard InChI is InChI=1S/C7H14O/c1-3-7(5-8)4-6(7)2/h6,8H,3-5H2,1-2H3. The Balaban J connectivity index is 2.39. The second kappa shape index (κ2) is 1.73. The van der Waals surface area contributed by atoms with Crippen LogP contribution in [0.4, 0.5) is 0 Å². The molecule has 0 aromatic carbocycles. The van der Waals surface area contributed by atoms with Gasteiger partial charge in [0.05, 0.1) is 0 Å². The molecule has 1 saturated carbocycles. The van der Waals surface area contributed by atoms with Gasteiger partial charge in [0.2, 0.25) is 0 Å². The number of hydrogen-bond donors (Lipinski definition) is 1. The van der Waals surface area contributed by atoms with Crippen LogP contribution >= 0.6 is 0 Å². The molecule has 0 saturated heterocycles. The van der Waals surface area contributed by atoms with Crippen molar-refractivity contribution in [2.45, 2.75) is 26.7 Å². The van der Waals surface area contributed by atoms with Crippen LogP contribution in [0.1, 0.15) is 26.7 Å². The summed E-state index contributed by atoms with van der Waals surface area (Å²) in [5, 5.41) is 8.83. The summed E-state index contributed by atoms with van der Waals surface area (Å²) in [4.78, 5) is 0. The first kappa shape index (κ1) is 6.09. The van der Waals surface area contributed by atoms with E-state index in [1.165, 1.54) is 6.42 Å². The molecule has 0 radical (unpaired) electrons. The second-order valence-corrected chi connectivity index (χ2v) is 2.98. The summed E-state index contributed by atoms with van der Waals surface area (Å²) in [6.07, 6.45) is 2.38. The van der Waals surface area contributed by atoms with Crippen molar-refractivity contribution in [1.29, 1.82) is 0 Å². The van der Waals surface area contributed by atoms with Crippen molar-refractivity contribution in [3.05, 3.63) is 0 Å². The lowest BCUT2D eigenvalue weighted by molar-refractivity contribution is 0.196. The molecule has 0 bridgehead atoms. The zero-order chi connectivity index (χ0) is 6.20. The quantitative estimate of drug-likeness (QED) is 0.575. The molecule has 1 aliphatic rings. The molecule has 1 aliphatic carbocycles. The highest BCUT2D eigenvalue weighted by molar-refractivity contribution is 4.97. The zero-order valence-electron chi connectivity index (χ0n) is 5.65. The molecule has 0 heterocycles. The molecule has 0 spiro atoms. The third kappa shape index (κ3) is 0.655. The first-order chi connectivity index (χ1) is 3.75. The molecule has 48 valence electrons. The molecule has 2 unspecified atom stereocenters. The van der Waals surface area contributed by atoms with Gasteiger partial charge in [0.25, 0.3) is 0 Å². The zero-order valence-corrected chi connectivity index (χ0v) is 5.65. The molecule has 0 aromatic rings. The molecule has 1 N–H and O–H groups in total. The lowest BCUT2D eigenvalue weighted by Gasteiger charge is -2.06. The molecule has 0 aliphatic heterocycles. The van der Waals surface area contributed by atoms with Gasteiger partial charge in [-0.15, -0.1) is 0 Å². The fourth-order valence-electron chi connectivity index (χ4n) is 1.38. The Kier molecular flexibility index (Phi) is 1.31. The predicted octanol–water partition coefficient (Wildman–Crippen LogP) is 1.41. The summed E-state index contributed by atoms with van der Waals surface area (Å²) in [5.41, 5.74) is 0.347. The van der Waals surface area contributed by atoms with Crippen molar-refractivity contribution >= 4 is 0 Å². The Labute approximate surface area is 50.7 Å².